The van der Waals surface area contributed by atoms with Crippen molar-refractivity contribution < 1.29 is 0 Å². The summed E-state index contributed by atoms with van der Waals surface area (Å²) in [5.41, 5.74) is 2.88. The minimum atomic E-state index is 0.255. The fourth-order valence-corrected chi connectivity index (χ4v) is 3.05. The number of pyridine rings is 1. The summed E-state index contributed by atoms with van der Waals surface area (Å²) in [7, 11) is 0. The van der Waals surface area contributed by atoms with Crippen molar-refractivity contribution in [1.29, 1.82) is 0 Å². The molecule has 1 aliphatic carbocycles. The van der Waals surface area contributed by atoms with Crippen LogP contribution in [0.1, 0.15) is 50.7 Å². The van der Waals surface area contributed by atoms with E-state index in [9.17, 15) is 0 Å². The summed E-state index contributed by atoms with van der Waals surface area (Å²) in [4.78, 5) is 7.21. The van der Waals surface area contributed by atoms with Crippen LogP contribution in [0, 0.1) is 6.92 Å². The van der Waals surface area contributed by atoms with Crippen LogP contribution in [-0.2, 0) is 6.54 Å². The van der Waals surface area contributed by atoms with E-state index < -0.39 is 0 Å². The summed E-state index contributed by atoms with van der Waals surface area (Å²) in [5.74, 6) is 1.18. The molecule has 0 bridgehead atoms. The molecule has 1 aromatic heterocycles. The Morgan fingerprint density at radius 2 is 2.21 bits per heavy atom. The number of hydrogen-bond donors (Lipinski definition) is 1. The van der Waals surface area contributed by atoms with E-state index in [1.165, 1.54) is 42.6 Å². The maximum absolute atomic E-state index is 4.74. The molecule has 0 atom stereocenters. The molecule has 1 aromatic rings. The third-order valence-electron chi connectivity index (χ3n) is 4.44. The Hall–Kier alpha value is -1.09. The van der Waals surface area contributed by atoms with Crippen LogP contribution in [0.5, 0.6) is 0 Å². The highest BCUT2D eigenvalue weighted by atomic mass is 15.3. The molecular formula is C16H25N3. The molecule has 1 aliphatic heterocycles. The molecule has 3 nitrogen and oxygen atoms in total. The fourth-order valence-electron chi connectivity index (χ4n) is 3.05. The lowest BCUT2D eigenvalue weighted by molar-refractivity contribution is 0.513. The highest BCUT2D eigenvalue weighted by molar-refractivity contribution is 5.50. The number of aromatic nitrogens is 1. The number of rotatable bonds is 4. The lowest BCUT2D eigenvalue weighted by Crippen LogP contribution is -2.39. The van der Waals surface area contributed by atoms with E-state index in [1.807, 2.05) is 6.20 Å². The smallest absolute Gasteiger partial charge is 0.131 e. The van der Waals surface area contributed by atoms with E-state index in [-0.39, 0.29) is 5.54 Å². The molecule has 1 N–H and O–H groups in total. The van der Waals surface area contributed by atoms with Gasteiger partial charge in [0.25, 0.3) is 0 Å². The summed E-state index contributed by atoms with van der Waals surface area (Å²) >= 11 is 0. The van der Waals surface area contributed by atoms with Crippen molar-refractivity contribution >= 4 is 5.82 Å². The summed E-state index contributed by atoms with van der Waals surface area (Å²) in [5, 5.41) is 3.55. The molecule has 0 radical (unpaired) electrons. The van der Waals surface area contributed by atoms with Gasteiger partial charge in [-0.05, 0) is 63.6 Å². The van der Waals surface area contributed by atoms with Crippen LogP contribution in [0.15, 0.2) is 12.3 Å². The van der Waals surface area contributed by atoms with Gasteiger partial charge in [-0.25, -0.2) is 4.98 Å². The van der Waals surface area contributed by atoms with Crippen LogP contribution in [0.3, 0.4) is 0 Å². The monoisotopic (exact) mass is 259 g/mol. The second kappa shape index (κ2) is 4.78. The van der Waals surface area contributed by atoms with Crippen LogP contribution in [0.2, 0.25) is 0 Å². The molecular weight excluding hydrogens is 234 g/mol. The van der Waals surface area contributed by atoms with Crippen molar-refractivity contribution in [1.82, 2.24) is 10.3 Å². The van der Waals surface area contributed by atoms with Gasteiger partial charge in [0, 0.05) is 30.9 Å². The minimum Gasteiger partial charge on any atom is -0.351 e. The molecule has 0 unspecified atom stereocenters. The Balaban J connectivity index is 1.75. The van der Waals surface area contributed by atoms with E-state index in [1.54, 1.807) is 0 Å². The summed E-state index contributed by atoms with van der Waals surface area (Å²) in [6.07, 6.45) is 7.27. The van der Waals surface area contributed by atoms with Gasteiger partial charge < -0.3 is 10.2 Å². The fraction of sp³-hybridized carbons (Fsp3) is 0.688. The SMILES string of the molecule is Cc1cc(CNC2CC2)cnc1N1CCCC1(C)C. The van der Waals surface area contributed by atoms with Crippen LogP contribution in [0.25, 0.3) is 0 Å². The largest absolute Gasteiger partial charge is 0.351 e. The predicted octanol–water partition coefficient (Wildman–Crippen LogP) is 3.02. The summed E-state index contributed by atoms with van der Waals surface area (Å²) < 4.78 is 0. The normalized spacial score (nSPS) is 21.9. The van der Waals surface area contributed by atoms with Gasteiger partial charge in [-0.1, -0.05) is 0 Å². The molecule has 19 heavy (non-hydrogen) atoms. The third kappa shape index (κ3) is 2.76. The lowest BCUT2D eigenvalue weighted by Gasteiger charge is -2.33. The Bertz CT molecular complexity index is 463. The van der Waals surface area contributed by atoms with Gasteiger partial charge in [0.1, 0.15) is 5.82 Å². The molecule has 2 aliphatic rings. The standard InChI is InChI=1S/C16H25N3/c1-12-9-13(10-17-14-5-6-14)11-18-15(12)19-8-4-7-16(19,2)3/h9,11,14,17H,4-8,10H2,1-3H3. The average Bonchev–Trinajstić information content (AvgIpc) is 3.11. The Morgan fingerprint density at radius 3 is 2.79 bits per heavy atom. The summed E-state index contributed by atoms with van der Waals surface area (Å²) in [6, 6.07) is 3.06. The Kier molecular flexibility index (Phi) is 3.25. The molecule has 2 heterocycles. The van der Waals surface area contributed by atoms with Gasteiger partial charge in [0.05, 0.1) is 0 Å². The molecule has 3 heteroatoms. The maximum atomic E-state index is 4.74. The molecule has 0 spiro atoms. The molecule has 0 amide bonds. The second-order valence-corrected chi connectivity index (χ2v) is 6.71. The van der Waals surface area contributed by atoms with Crippen molar-refractivity contribution in [2.45, 2.75) is 64.6 Å². The van der Waals surface area contributed by atoms with Crippen LogP contribution >= 0.6 is 0 Å². The molecule has 1 saturated heterocycles. The first-order valence-corrected chi connectivity index (χ1v) is 7.53. The maximum Gasteiger partial charge on any atom is 0.131 e. The molecule has 2 fully saturated rings. The number of nitrogens with zero attached hydrogens (tertiary/aromatic N) is 2. The average molecular weight is 259 g/mol. The van der Waals surface area contributed by atoms with Gasteiger partial charge in [-0.15, -0.1) is 0 Å². The lowest BCUT2D eigenvalue weighted by atomic mass is 10.0. The van der Waals surface area contributed by atoms with E-state index >= 15 is 0 Å². The van der Waals surface area contributed by atoms with Crippen LogP contribution in [0.4, 0.5) is 5.82 Å². The van der Waals surface area contributed by atoms with Gasteiger partial charge in [0.2, 0.25) is 0 Å². The van der Waals surface area contributed by atoms with Gasteiger partial charge in [-0.2, -0.15) is 0 Å². The van der Waals surface area contributed by atoms with E-state index in [2.05, 4.69) is 37.1 Å². The van der Waals surface area contributed by atoms with E-state index in [4.69, 9.17) is 4.98 Å². The zero-order valence-electron chi connectivity index (χ0n) is 12.4. The van der Waals surface area contributed by atoms with Gasteiger partial charge in [-0.3, -0.25) is 0 Å². The molecule has 3 rings (SSSR count). The number of anilines is 1. The zero-order valence-corrected chi connectivity index (χ0v) is 12.4. The van der Waals surface area contributed by atoms with Crippen LogP contribution in [-0.4, -0.2) is 23.1 Å². The number of nitrogens with one attached hydrogen (secondary N) is 1. The van der Waals surface area contributed by atoms with Crippen molar-refractivity contribution in [3.63, 3.8) is 0 Å². The predicted molar refractivity (Wildman–Crippen MR) is 79.5 cm³/mol. The Labute approximate surface area is 116 Å². The van der Waals surface area contributed by atoms with Crippen molar-refractivity contribution in [2.75, 3.05) is 11.4 Å². The van der Waals surface area contributed by atoms with Crippen LogP contribution < -0.4 is 10.2 Å². The van der Waals surface area contributed by atoms with E-state index in [0.717, 1.165) is 19.1 Å². The first kappa shape index (κ1) is 12.9. The highest BCUT2D eigenvalue weighted by Crippen LogP contribution is 2.34. The topological polar surface area (TPSA) is 28.2 Å². The first-order valence-electron chi connectivity index (χ1n) is 7.53. The van der Waals surface area contributed by atoms with Crippen molar-refractivity contribution in [3.05, 3.63) is 23.4 Å². The third-order valence-corrected chi connectivity index (χ3v) is 4.44. The number of aryl methyl sites for hydroxylation is 1. The number of hydrogen-bond acceptors (Lipinski definition) is 3. The molecule has 1 saturated carbocycles. The Morgan fingerprint density at radius 1 is 1.42 bits per heavy atom. The minimum absolute atomic E-state index is 0.255. The van der Waals surface area contributed by atoms with Gasteiger partial charge in [0.15, 0.2) is 0 Å². The molecule has 104 valence electrons. The quantitative estimate of drug-likeness (QED) is 0.901. The molecule has 0 aromatic carbocycles. The highest BCUT2D eigenvalue weighted by Gasteiger charge is 2.33. The summed E-state index contributed by atoms with van der Waals surface area (Å²) in [6.45, 7) is 8.94. The van der Waals surface area contributed by atoms with Crippen molar-refractivity contribution in [2.24, 2.45) is 0 Å². The van der Waals surface area contributed by atoms with E-state index in [0.29, 0.717) is 0 Å². The first-order chi connectivity index (χ1) is 9.06. The van der Waals surface area contributed by atoms with Gasteiger partial charge >= 0.3 is 0 Å². The zero-order chi connectivity index (χ0) is 13.5. The second-order valence-electron chi connectivity index (χ2n) is 6.71. The van der Waals surface area contributed by atoms with Crippen molar-refractivity contribution in [3.8, 4) is 0 Å².